The molecule has 0 amide bonds. The van der Waals surface area contributed by atoms with Gasteiger partial charge in [0.15, 0.2) is 5.79 Å². The fraction of sp³-hybridized carbons (Fsp3) is 0.444. The average Bonchev–Trinajstić information content (AvgIpc) is 3.30. The van der Waals surface area contributed by atoms with Gasteiger partial charge in [-0.05, 0) is 12.1 Å². The molecule has 0 unspecified atom stereocenters. The third-order valence-corrected chi connectivity index (χ3v) is 4.63. The summed E-state index contributed by atoms with van der Waals surface area (Å²) in [5.74, 6) is -0.137. The van der Waals surface area contributed by atoms with Crippen LogP contribution in [0.3, 0.4) is 0 Å². The van der Waals surface area contributed by atoms with Crippen molar-refractivity contribution in [3.63, 3.8) is 0 Å². The molecule has 0 aliphatic carbocycles. The van der Waals surface area contributed by atoms with Crippen molar-refractivity contribution in [2.24, 2.45) is 0 Å². The summed E-state index contributed by atoms with van der Waals surface area (Å²) in [6.07, 6.45) is 1.43. The van der Waals surface area contributed by atoms with Crippen LogP contribution in [0.25, 0.3) is 11.5 Å². The molecule has 2 aromatic rings. The Hall–Kier alpha value is -2.38. The van der Waals surface area contributed by atoms with Crippen molar-refractivity contribution in [2.45, 2.75) is 18.6 Å². The standard InChI is InChI=1S/C18H20N2O5/c1-22-17(21)14-16(25-15(19-14)13-5-3-2-4-6-13)20-9-7-18(8-10-20)23-11-12-24-18/h2-6H,7-12H2,1H3. The van der Waals surface area contributed by atoms with Crippen molar-refractivity contribution in [1.29, 1.82) is 0 Å². The van der Waals surface area contributed by atoms with Gasteiger partial charge in [0.1, 0.15) is 0 Å². The van der Waals surface area contributed by atoms with E-state index in [9.17, 15) is 4.79 Å². The van der Waals surface area contributed by atoms with Crippen LogP contribution in [0.15, 0.2) is 34.7 Å². The highest BCUT2D eigenvalue weighted by Gasteiger charge is 2.41. The van der Waals surface area contributed by atoms with E-state index >= 15 is 0 Å². The van der Waals surface area contributed by atoms with E-state index in [2.05, 4.69) is 4.98 Å². The van der Waals surface area contributed by atoms with Crippen LogP contribution in [0.5, 0.6) is 0 Å². The van der Waals surface area contributed by atoms with E-state index in [0.29, 0.717) is 38.1 Å². The van der Waals surface area contributed by atoms with Gasteiger partial charge in [-0.1, -0.05) is 18.2 Å². The van der Waals surface area contributed by atoms with E-state index in [0.717, 1.165) is 18.4 Å². The maximum Gasteiger partial charge on any atom is 0.362 e. The molecular formula is C18H20N2O5. The van der Waals surface area contributed by atoms with Gasteiger partial charge in [0, 0.05) is 31.5 Å². The Balaban J connectivity index is 1.62. The average molecular weight is 344 g/mol. The predicted octanol–water partition coefficient (Wildman–Crippen LogP) is 2.47. The summed E-state index contributed by atoms with van der Waals surface area (Å²) in [6, 6.07) is 9.50. The highest BCUT2D eigenvalue weighted by Crippen LogP contribution is 2.36. The second-order valence-electron chi connectivity index (χ2n) is 6.13. The van der Waals surface area contributed by atoms with Crippen molar-refractivity contribution < 1.29 is 23.4 Å². The maximum atomic E-state index is 12.2. The number of benzene rings is 1. The lowest BCUT2D eigenvalue weighted by Gasteiger charge is -2.37. The van der Waals surface area contributed by atoms with Gasteiger partial charge in [0.25, 0.3) is 0 Å². The normalized spacial score (nSPS) is 19.3. The molecule has 7 heteroatoms. The van der Waals surface area contributed by atoms with Crippen LogP contribution in [0.4, 0.5) is 5.88 Å². The summed E-state index contributed by atoms with van der Waals surface area (Å²) in [5.41, 5.74) is 1.01. The largest absolute Gasteiger partial charge is 0.464 e. The summed E-state index contributed by atoms with van der Waals surface area (Å²) >= 11 is 0. The number of rotatable bonds is 3. The highest BCUT2D eigenvalue weighted by atomic mass is 16.7. The lowest BCUT2D eigenvalue weighted by molar-refractivity contribution is -0.169. The molecule has 0 N–H and O–H groups in total. The van der Waals surface area contributed by atoms with Gasteiger partial charge in [-0.2, -0.15) is 4.98 Å². The molecule has 1 aromatic carbocycles. The predicted molar refractivity (Wildman–Crippen MR) is 89.4 cm³/mol. The van der Waals surface area contributed by atoms with E-state index in [4.69, 9.17) is 18.6 Å². The number of carbonyl (C=O) groups is 1. The molecule has 0 bridgehead atoms. The van der Waals surface area contributed by atoms with Crippen molar-refractivity contribution >= 4 is 11.9 Å². The number of hydrogen-bond donors (Lipinski definition) is 0. The van der Waals surface area contributed by atoms with E-state index in [-0.39, 0.29) is 5.69 Å². The van der Waals surface area contributed by atoms with Gasteiger partial charge < -0.3 is 23.5 Å². The fourth-order valence-electron chi connectivity index (χ4n) is 3.30. The number of piperidine rings is 1. The Morgan fingerprint density at radius 1 is 1.16 bits per heavy atom. The zero-order chi connectivity index (χ0) is 17.3. The zero-order valence-electron chi connectivity index (χ0n) is 14.1. The Bertz CT molecular complexity index is 742. The SMILES string of the molecule is COC(=O)c1nc(-c2ccccc2)oc1N1CCC2(CC1)OCCO2. The third-order valence-electron chi connectivity index (χ3n) is 4.63. The first kappa shape index (κ1) is 16.1. The molecule has 0 atom stereocenters. The van der Waals surface area contributed by atoms with Crippen LogP contribution >= 0.6 is 0 Å². The lowest BCUT2D eigenvalue weighted by atomic mass is 10.0. The molecule has 132 valence electrons. The fourth-order valence-corrected chi connectivity index (χ4v) is 3.30. The molecule has 2 saturated heterocycles. The Morgan fingerprint density at radius 3 is 2.48 bits per heavy atom. The zero-order valence-corrected chi connectivity index (χ0v) is 14.1. The summed E-state index contributed by atoms with van der Waals surface area (Å²) in [4.78, 5) is 18.5. The molecule has 4 rings (SSSR count). The smallest absolute Gasteiger partial charge is 0.362 e. The van der Waals surface area contributed by atoms with Gasteiger partial charge >= 0.3 is 5.97 Å². The minimum atomic E-state index is -0.505. The summed E-state index contributed by atoms with van der Waals surface area (Å²) in [5, 5.41) is 0. The van der Waals surface area contributed by atoms with Gasteiger partial charge in [-0.15, -0.1) is 0 Å². The van der Waals surface area contributed by atoms with E-state index in [1.165, 1.54) is 7.11 Å². The first-order chi connectivity index (χ1) is 12.2. The minimum absolute atomic E-state index is 0.200. The topological polar surface area (TPSA) is 74.0 Å². The molecular weight excluding hydrogens is 324 g/mol. The molecule has 1 aromatic heterocycles. The van der Waals surface area contributed by atoms with Crippen LogP contribution in [0.1, 0.15) is 23.3 Å². The Kier molecular flexibility index (Phi) is 4.19. The van der Waals surface area contributed by atoms with Gasteiger partial charge in [0.2, 0.25) is 17.5 Å². The number of methoxy groups -OCH3 is 1. The van der Waals surface area contributed by atoms with Gasteiger partial charge in [-0.25, -0.2) is 4.79 Å². The monoisotopic (exact) mass is 344 g/mol. The number of nitrogens with zero attached hydrogens (tertiary/aromatic N) is 2. The van der Waals surface area contributed by atoms with Crippen LogP contribution in [-0.2, 0) is 14.2 Å². The molecule has 2 aliphatic rings. The number of carbonyl (C=O) groups excluding carboxylic acids is 1. The number of ether oxygens (including phenoxy) is 3. The van der Waals surface area contributed by atoms with E-state index in [1.54, 1.807) is 0 Å². The highest BCUT2D eigenvalue weighted by molar-refractivity contribution is 5.93. The van der Waals surface area contributed by atoms with E-state index < -0.39 is 11.8 Å². The molecule has 25 heavy (non-hydrogen) atoms. The summed E-state index contributed by atoms with van der Waals surface area (Å²) in [7, 11) is 1.34. The van der Waals surface area contributed by atoms with Crippen molar-refractivity contribution in [3.05, 3.63) is 36.0 Å². The molecule has 1 spiro atoms. The van der Waals surface area contributed by atoms with Crippen molar-refractivity contribution in [2.75, 3.05) is 38.3 Å². The molecule has 0 radical (unpaired) electrons. The first-order valence-electron chi connectivity index (χ1n) is 8.38. The second kappa shape index (κ2) is 6.50. The van der Waals surface area contributed by atoms with Crippen molar-refractivity contribution in [3.8, 4) is 11.5 Å². The summed E-state index contributed by atoms with van der Waals surface area (Å²) < 4.78 is 22.3. The lowest BCUT2D eigenvalue weighted by Crippen LogP contribution is -2.45. The number of oxazole rings is 1. The Labute approximate surface area is 145 Å². The molecule has 0 saturated carbocycles. The Morgan fingerprint density at radius 2 is 1.84 bits per heavy atom. The minimum Gasteiger partial charge on any atom is -0.464 e. The maximum absolute atomic E-state index is 12.2. The van der Waals surface area contributed by atoms with E-state index in [1.807, 2.05) is 35.2 Å². The first-order valence-corrected chi connectivity index (χ1v) is 8.38. The number of aromatic nitrogens is 1. The van der Waals surface area contributed by atoms with Crippen LogP contribution < -0.4 is 4.90 Å². The third kappa shape index (κ3) is 3.01. The van der Waals surface area contributed by atoms with Crippen molar-refractivity contribution in [1.82, 2.24) is 4.98 Å². The molecule has 7 nitrogen and oxygen atoms in total. The molecule has 2 fully saturated rings. The molecule has 3 heterocycles. The number of esters is 1. The number of hydrogen-bond acceptors (Lipinski definition) is 7. The van der Waals surface area contributed by atoms with Gasteiger partial charge in [0.05, 0.1) is 20.3 Å². The molecule has 2 aliphatic heterocycles. The van der Waals surface area contributed by atoms with Crippen LogP contribution in [0, 0.1) is 0 Å². The van der Waals surface area contributed by atoms with Crippen LogP contribution in [0.2, 0.25) is 0 Å². The second-order valence-corrected chi connectivity index (χ2v) is 6.13. The number of anilines is 1. The quantitative estimate of drug-likeness (QED) is 0.792. The summed E-state index contributed by atoms with van der Waals surface area (Å²) in [6.45, 7) is 2.59. The van der Waals surface area contributed by atoms with Gasteiger partial charge in [-0.3, -0.25) is 0 Å². The van der Waals surface area contributed by atoms with Crippen LogP contribution in [-0.4, -0.2) is 50.2 Å².